The van der Waals surface area contributed by atoms with Crippen molar-refractivity contribution in [2.45, 2.75) is 45.3 Å². The minimum absolute atomic E-state index is 0.00430. The molecule has 4 rings (SSSR count). The summed E-state index contributed by atoms with van der Waals surface area (Å²) < 4.78 is 12.5. The minimum Gasteiger partial charge on any atom is -0.431 e. The van der Waals surface area contributed by atoms with Crippen LogP contribution in [0.1, 0.15) is 49.5 Å². The second-order valence-corrected chi connectivity index (χ2v) is 9.37. The van der Waals surface area contributed by atoms with Gasteiger partial charge in [-0.05, 0) is 45.0 Å². The highest BCUT2D eigenvalue weighted by molar-refractivity contribution is 5.96. The maximum Gasteiger partial charge on any atom is 0.509 e. The highest BCUT2D eigenvalue weighted by atomic mass is 16.7. The number of piperidine rings is 1. The Hall–Kier alpha value is -3.88. The molecule has 0 atom stereocenters. The molecule has 0 unspecified atom stereocenters. The van der Waals surface area contributed by atoms with Crippen molar-refractivity contribution in [1.82, 2.24) is 14.3 Å². The monoisotopic (exact) mass is 463 g/mol. The topological polar surface area (TPSA) is 123 Å². The van der Waals surface area contributed by atoms with E-state index in [1.54, 1.807) is 49.9 Å². The number of imidazole rings is 1. The number of nitrogens with zero attached hydrogens (tertiary/aromatic N) is 3. The smallest absolute Gasteiger partial charge is 0.431 e. The Morgan fingerprint density at radius 2 is 1.76 bits per heavy atom. The quantitative estimate of drug-likeness (QED) is 0.344. The molecule has 178 valence electrons. The van der Waals surface area contributed by atoms with E-state index in [-0.39, 0.29) is 17.8 Å². The molecule has 34 heavy (non-hydrogen) atoms. The first-order valence-corrected chi connectivity index (χ1v) is 11.2. The Balaban J connectivity index is 1.37. The van der Waals surface area contributed by atoms with Gasteiger partial charge in [0.05, 0.1) is 5.69 Å². The average molecular weight is 464 g/mol. The minimum atomic E-state index is -0.669. The third-order valence-electron chi connectivity index (χ3n) is 5.58. The highest BCUT2D eigenvalue weighted by Gasteiger charge is 2.27. The number of carbonyl (C=O) groups is 2. The van der Waals surface area contributed by atoms with E-state index >= 15 is 0 Å². The Morgan fingerprint density at radius 1 is 1.09 bits per heavy atom. The van der Waals surface area contributed by atoms with Crippen LogP contribution >= 0.6 is 0 Å². The number of aromatic nitrogens is 2. The molecule has 0 spiro atoms. The first kappa shape index (κ1) is 23.3. The molecule has 1 saturated heterocycles. The van der Waals surface area contributed by atoms with Crippen molar-refractivity contribution < 1.29 is 19.1 Å². The van der Waals surface area contributed by atoms with Gasteiger partial charge in [-0.3, -0.25) is 10.2 Å². The first-order chi connectivity index (χ1) is 16.1. The van der Waals surface area contributed by atoms with Gasteiger partial charge in [-0.15, -0.1) is 0 Å². The lowest BCUT2D eigenvalue weighted by Gasteiger charge is -2.32. The fourth-order valence-corrected chi connectivity index (χ4v) is 3.84. The van der Waals surface area contributed by atoms with Crippen molar-refractivity contribution >= 4 is 23.5 Å². The van der Waals surface area contributed by atoms with Gasteiger partial charge in [0, 0.05) is 55.0 Å². The largest absolute Gasteiger partial charge is 0.509 e. The number of likely N-dealkylation sites (tertiary alicyclic amines) is 1. The molecule has 1 aromatic carbocycles. The van der Waals surface area contributed by atoms with E-state index in [1.165, 1.54) is 0 Å². The van der Waals surface area contributed by atoms with E-state index in [0.29, 0.717) is 42.7 Å². The summed E-state index contributed by atoms with van der Waals surface area (Å²) in [6.07, 6.45) is 3.94. The van der Waals surface area contributed by atoms with Crippen LogP contribution in [0.3, 0.4) is 0 Å². The van der Waals surface area contributed by atoms with Gasteiger partial charge in [-0.2, -0.15) is 0 Å². The van der Waals surface area contributed by atoms with E-state index in [2.05, 4.69) is 4.98 Å². The molecule has 3 heterocycles. The van der Waals surface area contributed by atoms with E-state index in [9.17, 15) is 9.59 Å². The van der Waals surface area contributed by atoms with Crippen molar-refractivity contribution in [2.75, 3.05) is 13.1 Å². The number of ether oxygens (including phenoxy) is 2. The molecule has 3 N–H and O–H groups in total. The van der Waals surface area contributed by atoms with Crippen LogP contribution in [0.4, 0.5) is 4.79 Å². The van der Waals surface area contributed by atoms with E-state index < -0.39 is 11.8 Å². The number of hydrogen-bond acceptors (Lipinski definition) is 6. The van der Waals surface area contributed by atoms with Crippen LogP contribution in [-0.4, -0.2) is 57.0 Å². The summed E-state index contributed by atoms with van der Waals surface area (Å²) in [6, 6.07) is 10.9. The lowest BCUT2D eigenvalue weighted by atomic mass is 10.0. The number of nitrogens with two attached hydrogens (primary N) is 1. The normalized spacial score (nSPS) is 14.7. The van der Waals surface area contributed by atoms with Crippen LogP contribution in [0.15, 0.2) is 48.8 Å². The summed E-state index contributed by atoms with van der Waals surface area (Å²) in [5.41, 5.74) is 8.52. The van der Waals surface area contributed by atoms with Gasteiger partial charge in [0.1, 0.15) is 23.2 Å². The van der Waals surface area contributed by atoms with E-state index in [0.717, 1.165) is 11.3 Å². The Kier molecular flexibility index (Phi) is 6.28. The van der Waals surface area contributed by atoms with Crippen LogP contribution in [0.25, 0.3) is 16.9 Å². The number of nitrogen functional groups attached to an aromatic ring is 1. The van der Waals surface area contributed by atoms with Crippen LogP contribution in [0.2, 0.25) is 0 Å². The predicted octanol–water partition coefficient (Wildman–Crippen LogP) is 3.84. The Labute approximate surface area is 198 Å². The molecule has 0 aliphatic carbocycles. The number of amides is 1. The molecule has 9 nitrogen and oxygen atoms in total. The number of amidine groups is 1. The molecule has 1 fully saturated rings. The summed E-state index contributed by atoms with van der Waals surface area (Å²) in [5, 5.41) is 7.58. The van der Waals surface area contributed by atoms with Crippen LogP contribution in [0, 0.1) is 5.41 Å². The van der Waals surface area contributed by atoms with Gasteiger partial charge < -0.3 is 24.5 Å². The molecule has 1 aliphatic heterocycles. The third-order valence-corrected chi connectivity index (χ3v) is 5.58. The number of nitrogens with one attached hydrogen (secondary N) is 1. The zero-order chi connectivity index (χ0) is 24.5. The van der Waals surface area contributed by atoms with Crippen molar-refractivity contribution in [2.24, 2.45) is 5.73 Å². The van der Waals surface area contributed by atoms with Crippen molar-refractivity contribution in [3.05, 3.63) is 59.9 Å². The van der Waals surface area contributed by atoms with Gasteiger partial charge in [0.2, 0.25) is 0 Å². The Bertz CT molecular complexity index is 1220. The molecule has 0 radical (unpaired) electrons. The van der Waals surface area contributed by atoms with Gasteiger partial charge in [-0.25, -0.2) is 9.78 Å². The second kappa shape index (κ2) is 9.17. The van der Waals surface area contributed by atoms with Gasteiger partial charge in [-0.1, -0.05) is 12.1 Å². The number of carbonyl (C=O) groups excluding carboxylic acids is 2. The van der Waals surface area contributed by atoms with Crippen molar-refractivity contribution in [3.8, 4) is 11.3 Å². The molecule has 3 aromatic rings. The van der Waals surface area contributed by atoms with Crippen molar-refractivity contribution in [3.63, 3.8) is 0 Å². The highest BCUT2D eigenvalue weighted by Crippen LogP contribution is 2.22. The fraction of sp³-hybridized carbons (Fsp3) is 0.360. The lowest BCUT2D eigenvalue weighted by Crippen LogP contribution is -2.41. The second-order valence-electron chi connectivity index (χ2n) is 9.37. The SMILES string of the molecule is CC(C)(C)OC(=O)OC1CCN(C(=O)c2ccc(-c3cn4ccc(C(=N)N)cc4n3)cc2)CC1. The maximum atomic E-state index is 12.9. The third kappa shape index (κ3) is 5.36. The van der Waals surface area contributed by atoms with Gasteiger partial charge in [0.15, 0.2) is 0 Å². The summed E-state index contributed by atoms with van der Waals surface area (Å²) in [4.78, 5) is 31.2. The van der Waals surface area contributed by atoms with E-state index in [1.807, 2.05) is 28.9 Å². The van der Waals surface area contributed by atoms with Crippen molar-refractivity contribution in [1.29, 1.82) is 5.41 Å². The van der Waals surface area contributed by atoms with Crippen LogP contribution < -0.4 is 5.73 Å². The molecule has 1 amide bonds. The summed E-state index contributed by atoms with van der Waals surface area (Å²) >= 11 is 0. The molecule has 0 bridgehead atoms. The van der Waals surface area contributed by atoms with E-state index in [4.69, 9.17) is 20.6 Å². The molecular formula is C25H29N5O4. The Morgan fingerprint density at radius 3 is 2.38 bits per heavy atom. The van der Waals surface area contributed by atoms with Crippen LogP contribution in [0.5, 0.6) is 0 Å². The standard InChI is InChI=1S/C25H29N5O4/c1-25(2,3)34-24(32)33-19-9-12-29(13-10-19)23(31)17-6-4-16(5-7-17)20-15-30-11-8-18(22(26)27)14-21(30)28-20/h4-8,11,14-15,19H,9-10,12-13H2,1-3H3,(H3,26,27). The van der Waals surface area contributed by atoms with Crippen LogP contribution in [-0.2, 0) is 9.47 Å². The summed E-state index contributed by atoms with van der Waals surface area (Å²) in [6.45, 7) is 6.40. The average Bonchev–Trinajstić information content (AvgIpc) is 3.21. The number of fused-ring (bicyclic) bond motifs is 1. The molecule has 0 saturated carbocycles. The molecule has 9 heteroatoms. The zero-order valence-electron chi connectivity index (χ0n) is 19.6. The molecule has 1 aliphatic rings. The number of pyridine rings is 1. The van der Waals surface area contributed by atoms with Gasteiger partial charge in [0.25, 0.3) is 5.91 Å². The first-order valence-electron chi connectivity index (χ1n) is 11.2. The number of rotatable bonds is 4. The molecular weight excluding hydrogens is 434 g/mol. The fourth-order valence-electron chi connectivity index (χ4n) is 3.84. The summed E-state index contributed by atoms with van der Waals surface area (Å²) in [7, 11) is 0. The predicted molar refractivity (Wildman–Crippen MR) is 128 cm³/mol. The molecule has 2 aromatic heterocycles. The maximum absolute atomic E-state index is 12.9. The number of benzene rings is 1. The van der Waals surface area contributed by atoms with Gasteiger partial charge >= 0.3 is 6.16 Å². The summed E-state index contributed by atoms with van der Waals surface area (Å²) in [5.74, 6) is -0.0567. The number of hydrogen-bond donors (Lipinski definition) is 2. The lowest BCUT2D eigenvalue weighted by molar-refractivity contribution is -0.0375. The zero-order valence-corrected chi connectivity index (χ0v) is 19.6.